The summed E-state index contributed by atoms with van der Waals surface area (Å²) in [6.07, 6.45) is 4.57. The second-order valence-corrected chi connectivity index (χ2v) is 4.42. The van der Waals surface area contributed by atoms with E-state index in [1.165, 1.54) is 0 Å². The van der Waals surface area contributed by atoms with Gasteiger partial charge in [0.05, 0.1) is 6.10 Å². The van der Waals surface area contributed by atoms with Crippen LogP contribution in [0.2, 0.25) is 0 Å². The standard InChI is InChI=1S/C7H14FO3P/c1-10-12(8,9)11-7-5-3-2-4-6-7/h7H,2-6H2,1H3. The summed E-state index contributed by atoms with van der Waals surface area (Å²) in [4.78, 5) is 0. The molecule has 3 nitrogen and oxygen atoms in total. The van der Waals surface area contributed by atoms with Gasteiger partial charge in [0.1, 0.15) is 0 Å². The Labute approximate surface area is 71.9 Å². The molecule has 1 atom stereocenters. The van der Waals surface area contributed by atoms with Gasteiger partial charge in [0.25, 0.3) is 0 Å². The average molecular weight is 196 g/mol. The third kappa shape index (κ3) is 3.21. The Morgan fingerprint density at radius 1 is 1.33 bits per heavy atom. The van der Waals surface area contributed by atoms with Crippen LogP contribution in [0.5, 0.6) is 0 Å². The highest BCUT2D eigenvalue weighted by Gasteiger charge is 2.28. The first-order chi connectivity index (χ1) is 5.64. The number of hydrogen-bond donors (Lipinski definition) is 0. The third-order valence-electron chi connectivity index (χ3n) is 2.05. The Morgan fingerprint density at radius 3 is 2.42 bits per heavy atom. The molecule has 0 aliphatic heterocycles. The van der Waals surface area contributed by atoms with Crippen LogP contribution in [0.4, 0.5) is 4.20 Å². The first-order valence-corrected chi connectivity index (χ1v) is 5.61. The van der Waals surface area contributed by atoms with E-state index in [4.69, 9.17) is 4.52 Å². The van der Waals surface area contributed by atoms with Crippen molar-refractivity contribution in [1.29, 1.82) is 0 Å². The maximum absolute atomic E-state index is 12.7. The van der Waals surface area contributed by atoms with Gasteiger partial charge in [0, 0.05) is 7.11 Å². The summed E-state index contributed by atoms with van der Waals surface area (Å²) >= 11 is 0. The van der Waals surface area contributed by atoms with Gasteiger partial charge >= 0.3 is 7.91 Å². The molecule has 0 saturated heterocycles. The molecule has 0 radical (unpaired) electrons. The minimum Gasteiger partial charge on any atom is -0.287 e. The predicted molar refractivity (Wildman–Crippen MR) is 43.7 cm³/mol. The Hall–Kier alpha value is 0.0800. The van der Waals surface area contributed by atoms with E-state index in [0.29, 0.717) is 0 Å². The van der Waals surface area contributed by atoms with E-state index in [2.05, 4.69) is 4.52 Å². The second kappa shape index (κ2) is 4.35. The van der Waals surface area contributed by atoms with Crippen LogP contribution in [0.3, 0.4) is 0 Å². The normalized spacial score (nSPS) is 25.2. The fraction of sp³-hybridized carbons (Fsp3) is 1.00. The van der Waals surface area contributed by atoms with Crippen LogP contribution in [0.1, 0.15) is 32.1 Å². The lowest BCUT2D eigenvalue weighted by Gasteiger charge is -2.22. The van der Waals surface area contributed by atoms with E-state index in [1.807, 2.05) is 0 Å². The van der Waals surface area contributed by atoms with Crippen LogP contribution >= 0.6 is 7.91 Å². The summed E-state index contributed by atoms with van der Waals surface area (Å²) in [5.74, 6) is 0. The first kappa shape index (κ1) is 10.2. The van der Waals surface area contributed by atoms with E-state index < -0.39 is 7.91 Å². The molecule has 5 heteroatoms. The second-order valence-electron chi connectivity index (χ2n) is 2.98. The summed E-state index contributed by atoms with van der Waals surface area (Å²) in [7, 11) is -3.18. The van der Waals surface area contributed by atoms with Gasteiger partial charge < -0.3 is 0 Å². The quantitative estimate of drug-likeness (QED) is 0.650. The maximum Gasteiger partial charge on any atom is 0.513 e. The van der Waals surface area contributed by atoms with Crippen molar-refractivity contribution in [2.75, 3.05) is 7.11 Å². The van der Waals surface area contributed by atoms with E-state index in [1.54, 1.807) is 0 Å². The Morgan fingerprint density at radius 2 is 1.92 bits per heavy atom. The fourth-order valence-electron chi connectivity index (χ4n) is 1.39. The van der Waals surface area contributed by atoms with Crippen molar-refractivity contribution >= 4 is 7.91 Å². The van der Waals surface area contributed by atoms with E-state index >= 15 is 0 Å². The lowest BCUT2D eigenvalue weighted by Crippen LogP contribution is -2.14. The molecule has 1 saturated carbocycles. The highest BCUT2D eigenvalue weighted by atomic mass is 31.2. The molecule has 0 bridgehead atoms. The van der Waals surface area contributed by atoms with Crippen molar-refractivity contribution in [3.63, 3.8) is 0 Å². The van der Waals surface area contributed by atoms with Gasteiger partial charge in [-0.15, -0.1) is 4.20 Å². The highest BCUT2D eigenvalue weighted by Crippen LogP contribution is 2.51. The van der Waals surface area contributed by atoms with Crippen molar-refractivity contribution in [1.82, 2.24) is 0 Å². The summed E-state index contributed by atoms with van der Waals surface area (Å²) in [6, 6.07) is 0. The first-order valence-electron chi connectivity index (χ1n) is 4.18. The predicted octanol–water partition coefficient (Wildman–Crippen LogP) is 3.06. The molecule has 0 aromatic heterocycles. The van der Waals surface area contributed by atoms with Crippen LogP contribution < -0.4 is 0 Å². The Bertz CT molecular complexity index is 179. The molecular weight excluding hydrogens is 182 g/mol. The van der Waals surface area contributed by atoms with Gasteiger partial charge in [-0.1, -0.05) is 19.3 Å². The van der Waals surface area contributed by atoms with E-state index in [9.17, 15) is 8.76 Å². The minimum absolute atomic E-state index is 0.213. The number of rotatable bonds is 3. The third-order valence-corrected chi connectivity index (χ3v) is 3.03. The fourth-order valence-corrected chi connectivity index (χ4v) is 2.04. The number of halogens is 1. The van der Waals surface area contributed by atoms with Crippen molar-refractivity contribution in [2.24, 2.45) is 0 Å². The van der Waals surface area contributed by atoms with Crippen molar-refractivity contribution in [2.45, 2.75) is 38.2 Å². The van der Waals surface area contributed by atoms with Crippen LogP contribution in [0.25, 0.3) is 0 Å². The van der Waals surface area contributed by atoms with Crippen LogP contribution in [-0.4, -0.2) is 13.2 Å². The zero-order chi connectivity index (χ0) is 9.03. The van der Waals surface area contributed by atoms with Gasteiger partial charge in [-0.25, -0.2) is 4.57 Å². The molecule has 12 heavy (non-hydrogen) atoms. The lowest BCUT2D eigenvalue weighted by atomic mass is 9.98. The van der Waals surface area contributed by atoms with Crippen molar-refractivity contribution in [3.05, 3.63) is 0 Å². The van der Waals surface area contributed by atoms with E-state index in [0.717, 1.165) is 39.2 Å². The molecule has 0 heterocycles. The van der Waals surface area contributed by atoms with Crippen LogP contribution in [0.15, 0.2) is 0 Å². The van der Waals surface area contributed by atoms with Crippen LogP contribution in [-0.2, 0) is 13.6 Å². The zero-order valence-corrected chi connectivity index (χ0v) is 8.06. The molecular formula is C7H14FO3P. The molecule has 1 aliphatic rings. The van der Waals surface area contributed by atoms with Crippen molar-refractivity contribution in [3.8, 4) is 0 Å². The minimum atomic E-state index is -4.24. The molecule has 0 N–H and O–H groups in total. The summed E-state index contributed by atoms with van der Waals surface area (Å²) in [6.45, 7) is 0. The summed E-state index contributed by atoms with van der Waals surface area (Å²) in [5.41, 5.74) is 0. The van der Waals surface area contributed by atoms with Gasteiger partial charge in [-0.3, -0.25) is 9.05 Å². The monoisotopic (exact) mass is 196 g/mol. The molecule has 1 rings (SSSR count). The summed E-state index contributed by atoms with van der Waals surface area (Å²) < 4.78 is 32.3. The zero-order valence-electron chi connectivity index (χ0n) is 7.16. The largest absolute Gasteiger partial charge is 0.513 e. The van der Waals surface area contributed by atoms with Gasteiger partial charge in [-0.05, 0) is 12.8 Å². The van der Waals surface area contributed by atoms with Gasteiger partial charge in [0.15, 0.2) is 0 Å². The highest BCUT2D eigenvalue weighted by molar-refractivity contribution is 7.48. The van der Waals surface area contributed by atoms with Gasteiger partial charge in [0.2, 0.25) is 0 Å². The molecule has 0 aromatic carbocycles. The Balaban J connectivity index is 2.34. The van der Waals surface area contributed by atoms with Crippen molar-refractivity contribution < 1.29 is 17.8 Å². The average Bonchev–Trinajstić information content (AvgIpc) is 2.06. The SMILES string of the molecule is COP(=O)(F)OC1CCCCC1. The molecule has 0 spiro atoms. The molecule has 1 fully saturated rings. The molecule has 1 unspecified atom stereocenters. The van der Waals surface area contributed by atoms with Gasteiger partial charge in [-0.2, -0.15) is 0 Å². The Kier molecular flexibility index (Phi) is 3.69. The molecule has 0 amide bonds. The molecule has 1 aliphatic carbocycles. The maximum atomic E-state index is 12.7. The number of hydrogen-bond acceptors (Lipinski definition) is 3. The van der Waals surface area contributed by atoms with Crippen LogP contribution in [0, 0.1) is 0 Å². The summed E-state index contributed by atoms with van der Waals surface area (Å²) in [5, 5.41) is 0. The lowest BCUT2D eigenvalue weighted by molar-refractivity contribution is 0.109. The molecule has 72 valence electrons. The smallest absolute Gasteiger partial charge is 0.287 e. The molecule has 0 aromatic rings. The van der Waals surface area contributed by atoms with E-state index in [-0.39, 0.29) is 6.10 Å². The topological polar surface area (TPSA) is 35.5 Å².